The van der Waals surface area contributed by atoms with Crippen LogP contribution < -0.4 is 0 Å². The van der Waals surface area contributed by atoms with Gasteiger partial charge >= 0.3 is 5.97 Å². The Morgan fingerprint density at radius 3 is 2.92 bits per heavy atom. The molecule has 1 aromatic rings. The first-order valence-corrected chi connectivity index (χ1v) is 4.78. The van der Waals surface area contributed by atoms with Crippen LogP contribution in [0, 0.1) is 5.92 Å². The van der Waals surface area contributed by atoms with E-state index in [1.165, 1.54) is 11.3 Å². The molecule has 12 heavy (non-hydrogen) atoms. The smallest absolute Gasteiger partial charge is 0.312 e. The molecular formula is C8H9NO2S. The first kappa shape index (κ1) is 7.73. The van der Waals surface area contributed by atoms with Crippen LogP contribution in [0.1, 0.15) is 23.6 Å². The second kappa shape index (κ2) is 2.86. The molecular weight excluding hydrogens is 174 g/mol. The van der Waals surface area contributed by atoms with Crippen LogP contribution in [0.3, 0.4) is 0 Å². The van der Waals surface area contributed by atoms with Crippen molar-refractivity contribution in [2.24, 2.45) is 5.92 Å². The van der Waals surface area contributed by atoms with Crippen LogP contribution in [0.4, 0.5) is 0 Å². The van der Waals surface area contributed by atoms with Gasteiger partial charge in [0.05, 0.1) is 11.4 Å². The Labute approximate surface area is 74.1 Å². The fourth-order valence-electron chi connectivity index (χ4n) is 1.36. The summed E-state index contributed by atoms with van der Waals surface area (Å²) in [7, 11) is 0. The van der Waals surface area contributed by atoms with Crippen molar-refractivity contribution < 1.29 is 9.90 Å². The minimum Gasteiger partial charge on any atom is -0.481 e. The molecule has 0 aromatic carbocycles. The largest absolute Gasteiger partial charge is 0.481 e. The number of nitrogens with zero attached hydrogens (tertiary/aromatic N) is 1. The summed E-state index contributed by atoms with van der Waals surface area (Å²) < 4.78 is 0. The molecule has 1 heterocycles. The van der Waals surface area contributed by atoms with Gasteiger partial charge < -0.3 is 5.11 Å². The number of hydrogen-bond acceptors (Lipinski definition) is 3. The number of hydrogen-bond donors (Lipinski definition) is 1. The maximum atomic E-state index is 10.9. The molecule has 1 unspecified atom stereocenters. The number of rotatable bonds is 3. The normalized spacial score (nSPS) is 19.0. The monoisotopic (exact) mass is 183 g/mol. The number of carboxylic acids is 1. The highest BCUT2D eigenvalue weighted by molar-refractivity contribution is 7.09. The van der Waals surface area contributed by atoms with Gasteiger partial charge in [0, 0.05) is 11.1 Å². The van der Waals surface area contributed by atoms with Crippen molar-refractivity contribution in [1.29, 1.82) is 0 Å². The van der Waals surface area contributed by atoms with Gasteiger partial charge in [0.2, 0.25) is 0 Å². The molecule has 0 aliphatic heterocycles. The van der Waals surface area contributed by atoms with Crippen molar-refractivity contribution in [2.45, 2.75) is 18.8 Å². The second-order valence-electron chi connectivity index (χ2n) is 3.06. The quantitative estimate of drug-likeness (QED) is 0.776. The predicted octanol–water partition coefficient (Wildman–Crippen LogP) is 1.72. The molecule has 0 saturated heterocycles. The van der Waals surface area contributed by atoms with Crippen LogP contribution >= 0.6 is 11.3 Å². The van der Waals surface area contributed by atoms with E-state index in [4.69, 9.17) is 5.11 Å². The van der Waals surface area contributed by atoms with Crippen LogP contribution in [-0.4, -0.2) is 16.1 Å². The summed E-state index contributed by atoms with van der Waals surface area (Å²) in [6.07, 6.45) is 3.77. The van der Waals surface area contributed by atoms with E-state index in [1.807, 2.05) is 0 Å². The van der Waals surface area contributed by atoms with E-state index < -0.39 is 5.97 Å². The van der Waals surface area contributed by atoms with E-state index in [0.29, 0.717) is 5.92 Å². The van der Waals surface area contributed by atoms with E-state index in [9.17, 15) is 4.79 Å². The Morgan fingerprint density at radius 2 is 2.50 bits per heavy atom. The SMILES string of the molecule is O=C(O)C(c1cncs1)C1CC1. The fourth-order valence-corrected chi connectivity index (χ4v) is 2.17. The lowest BCUT2D eigenvalue weighted by Gasteiger charge is -2.06. The van der Waals surface area contributed by atoms with E-state index in [1.54, 1.807) is 11.7 Å². The van der Waals surface area contributed by atoms with Crippen LogP contribution in [-0.2, 0) is 4.79 Å². The van der Waals surface area contributed by atoms with Gasteiger partial charge in [-0.25, -0.2) is 0 Å². The molecule has 0 radical (unpaired) electrons. The second-order valence-corrected chi connectivity index (χ2v) is 3.98. The molecule has 3 nitrogen and oxygen atoms in total. The van der Waals surface area contributed by atoms with E-state index in [-0.39, 0.29) is 5.92 Å². The summed E-state index contributed by atoms with van der Waals surface area (Å²) in [5, 5.41) is 8.93. The van der Waals surface area contributed by atoms with Gasteiger partial charge in [-0.3, -0.25) is 9.78 Å². The summed E-state index contributed by atoms with van der Waals surface area (Å²) in [4.78, 5) is 15.6. The molecule has 2 rings (SSSR count). The molecule has 0 amide bonds. The highest BCUT2D eigenvalue weighted by Gasteiger charge is 2.38. The average molecular weight is 183 g/mol. The molecule has 1 aromatic heterocycles. The van der Waals surface area contributed by atoms with Gasteiger partial charge in [-0.1, -0.05) is 0 Å². The highest BCUT2D eigenvalue weighted by Crippen LogP contribution is 2.43. The Balaban J connectivity index is 2.21. The molecule has 0 bridgehead atoms. The number of aromatic nitrogens is 1. The van der Waals surface area contributed by atoms with Gasteiger partial charge in [-0.05, 0) is 18.8 Å². The molecule has 64 valence electrons. The van der Waals surface area contributed by atoms with Crippen molar-refractivity contribution in [1.82, 2.24) is 4.98 Å². The third-order valence-corrected chi connectivity index (χ3v) is 2.98. The zero-order valence-corrected chi connectivity index (χ0v) is 7.25. The Kier molecular flexibility index (Phi) is 1.84. The van der Waals surface area contributed by atoms with Crippen molar-refractivity contribution in [3.05, 3.63) is 16.6 Å². The van der Waals surface area contributed by atoms with Crippen LogP contribution in [0.2, 0.25) is 0 Å². The summed E-state index contributed by atoms with van der Waals surface area (Å²) in [5.74, 6) is -0.637. The summed E-state index contributed by atoms with van der Waals surface area (Å²) >= 11 is 1.44. The lowest BCUT2D eigenvalue weighted by atomic mass is 10.0. The van der Waals surface area contributed by atoms with Crippen LogP contribution in [0.25, 0.3) is 0 Å². The van der Waals surface area contributed by atoms with Crippen molar-refractivity contribution in [2.75, 3.05) is 0 Å². The van der Waals surface area contributed by atoms with Gasteiger partial charge in [-0.15, -0.1) is 11.3 Å². The fraction of sp³-hybridized carbons (Fsp3) is 0.500. The highest BCUT2D eigenvalue weighted by atomic mass is 32.1. The summed E-state index contributed by atoms with van der Waals surface area (Å²) in [6, 6.07) is 0. The van der Waals surface area contributed by atoms with Gasteiger partial charge in [-0.2, -0.15) is 0 Å². The number of carbonyl (C=O) groups is 1. The molecule has 1 fully saturated rings. The number of carboxylic acid groups (broad SMARTS) is 1. The molecule has 1 aliphatic carbocycles. The predicted molar refractivity (Wildman–Crippen MR) is 45.2 cm³/mol. The van der Waals surface area contributed by atoms with Gasteiger partial charge in [0.25, 0.3) is 0 Å². The third-order valence-electron chi connectivity index (χ3n) is 2.12. The standard InChI is InChI=1S/C8H9NO2S/c10-8(11)7(5-1-2-5)6-3-9-4-12-6/h3-5,7H,1-2H2,(H,10,11). The minimum atomic E-state index is -0.707. The lowest BCUT2D eigenvalue weighted by Crippen LogP contribution is -2.11. The first-order chi connectivity index (χ1) is 5.79. The van der Waals surface area contributed by atoms with Crippen LogP contribution in [0.5, 0.6) is 0 Å². The average Bonchev–Trinajstić information content (AvgIpc) is 2.65. The van der Waals surface area contributed by atoms with E-state index in [2.05, 4.69) is 4.98 Å². The zero-order chi connectivity index (χ0) is 8.55. The molecule has 1 atom stereocenters. The van der Waals surface area contributed by atoms with Crippen molar-refractivity contribution in [3.8, 4) is 0 Å². The Bertz CT molecular complexity index is 279. The molecule has 1 N–H and O–H groups in total. The number of thiazole rings is 1. The maximum absolute atomic E-state index is 10.9. The number of aliphatic carboxylic acids is 1. The summed E-state index contributed by atoms with van der Waals surface area (Å²) in [6.45, 7) is 0. The minimum absolute atomic E-state index is 0.294. The van der Waals surface area contributed by atoms with E-state index in [0.717, 1.165) is 17.7 Å². The maximum Gasteiger partial charge on any atom is 0.312 e. The van der Waals surface area contributed by atoms with Gasteiger partial charge in [0.15, 0.2) is 0 Å². The third kappa shape index (κ3) is 1.34. The molecule has 1 aliphatic rings. The molecule has 0 spiro atoms. The summed E-state index contributed by atoms with van der Waals surface area (Å²) in [5.41, 5.74) is 1.69. The van der Waals surface area contributed by atoms with Gasteiger partial charge in [0.1, 0.15) is 0 Å². The Hall–Kier alpha value is -0.900. The van der Waals surface area contributed by atoms with Crippen molar-refractivity contribution in [3.63, 3.8) is 0 Å². The lowest BCUT2D eigenvalue weighted by molar-refractivity contribution is -0.139. The zero-order valence-electron chi connectivity index (χ0n) is 6.43. The Morgan fingerprint density at radius 1 is 1.75 bits per heavy atom. The first-order valence-electron chi connectivity index (χ1n) is 3.90. The van der Waals surface area contributed by atoms with Crippen molar-refractivity contribution >= 4 is 17.3 Å². The topological polar surface area (TPSA) is 50.2 Å². The molecule has 1 saturated carbocycles. The van der Waals surface area contributed by atoms with E-state index >= 15 is 0 Å². The molecule has 4 heteroatoms. The van der Waals surface area contributed by atoms with Crippen LogP contribution in [0.15, 0.2) is 11.7 Å².